The summed E-state index contributed by atoms with van der Waals surface area (Å²) in [6, 6.07) is 16.4. The largest absolute Gasteiger partial charge is 0.334 e. The molecule has 0 spiro atoms. The van der Waals surface area contributed by atoms with Crippen LogP contribution in [0.25, 0.3) is 0 Å². The number of carbonyl (C=O) groups excluding carboxylic acids is 2. The van der Waals surface area contributed by atoms with Crippen LogP contribution in [0.1, 0.15) is 18.4 Å². The zero-order valence-electron chi connectivity index (χ0n) is 15.3. The van der Waals surface area contributed by atoms with Crippen LogP contribution in [0.5, 0.6) is 0 Å². The molecular formula is C20H23N3O4S. The summed E-state index contributed by atoms with van der Waals surface area (Å²) in [7, 11) is -2.74. The lowest BCUT2D eigenvalue weighted by molar-refractivity contribution is -0.144. The maximum atomic E-state index is 12.4. The number of rotatable bonds is 5. The summed E-state index contributed by atoms with van der Waals surface area (Å²) in [4.78, 5) is 26.2. The molecule has 2 aromatic rings. The van der Waals surface area contributed by atoms with Crippen molar-refractivity contribution in [3.05, 3.63) is 60.2 Å². The smallest absolute Gasteiger partial charge is 0.313 e. The molecule has 28 heavy (non-hydrogen) atoms. The zero-order chi connectivity index (χ0) is 19.9. The normalized spacial score (nSPS) is 14.7. The SMILES string of the molecule is O=C(Nc1ccc(N[SH](=O)=O)cc1)C(=O)N1CCC(Cc2ccccc2)CC1. The van der Waals surface area contributed by atoms with E-state index in [1.165, 1.54) is 17.7 Å². The molecule has 1 fully saturated rings. The molecule has 0 aliphatic carbocycles. The zero-order valence-corrected chi connectivity index (χ0v) is 16.2. The van der Waals surface area contributed by atoms with Crippen molar-refractivity contribution in [2.45, 2.75) is 19.3 Å². The second-order valence-corrected chi connectivity index (χ2v) is 7.56. The predicted octanol–water partition coefficient (Wildman–Crippen LogP) is 2.04. The first-order valence-electron chi connectivity index (χ1n) is 9.16. The lowest BCUT2D eigenvalue weighted by Gasteiger charge is -2.31. The molecule has 3 rings (SSSR count). The summed E-state index contributed by atoms with van der Waals surface area (Å²) in [5, 5.41) is 2.56. The second kappa shape index (κ2) is 9.36. The van der Waals surface area contributed by atoms with E-state index >= 15 is 0 Å². The molecule has 2 N–H and O–H groups in total. The highest BCUT2D eigenvalue weighted by molar-refractivity contribution is 7.73. The maximum absolute atomic E-state index is 12.4. The first-order chi connectivity index (χ1) is 13.5. The average Bonchev–Trinajstić information content (AvgIpc) is 2.70. The minimum atomic E-state index is -2.74. The van der Waals surface area contributed by atoms with Gasteiger partial charge in [0.1, 0.15) is 0 Å². The van der Waals surface area contributed by atoms with Crippen LogP contribution < -0.4 is 10.0 Å². The van der Waals surface area contributed by atoms with Crippen LogP contribution in [-0.2, 0) is 26.9 Å². The summed E-state index contributed by atoms with van der Waals surface area (Å²) in [5.41, 5.74) is 2.12. The number of hydrogen-bond acceptors (Lipinski definition) is 4. The molecule has 0 atom stereocenters. The van der Waals surface area contributed by atoms with E-state index in [0.717, 1.165) is 19.3 Å². The Balaban J connectivity index is 1.48. The van der Waals surface area contributed by atoms with E-state index in [2.05, 4.69) is 22.2 Å². The minimum Gasteiger partial charge on any atom is -0.334 e. The van der Waals surface area contributed by atoms with E-state index in [0.29, 0.717) is 30.4 Å². The predicted molar refractivity (Wildman–Crippen MR) is 108 cm³/mol. The van der Waals surface area contributed by atoms with Gasteiger partial charge in [-0.05, 0) is 55.0 Å². The molecule has 1 saturated heterocycles. The molecule has 2 amide bonds. The summed E-state index contributed by atoms with van der Waals surface area (Å²) >= 11 is 0. The molecule has 7 nitrogen and oxygen atoms in total. The molecule has 0 unspecified atom stereocenters. The van der Waals surface area contributed by atoms with E-state index in [1.54, 1.807) is 17.0 Å². The monoisotopic (exact) mass is 401 g/mol. The van der Waals surface area contributed by atoms with Crippen molar-refractivity contribution in [2.24, 2.45) is 5.92 Å². The fraction of sp³-hybridized carbons (Fsp3) is 0.300. The second-order valence-electron chi connectivity index (χ2n) is 6.83. The first-order valence-corrected chi connectivity index (χ1v) is 10.3. The van der Waals surface area contributed by atoms with Gasteiger partial charge < -0.3 is 10.2 Å². The van der Waals surface area contributed by atoms with Crippen molar-refractivity contribution in [3.8, 4) is 0 Å². The average molecular weight is 401 g/mol. The number of hydrogen-bond donors (Lipinski definition) is 3. The van der Waals surface area contributed by atoms with Crippen molar-refractivity contribution >= 4 is 34.1 Å². The third-order valence-electron chi connectivity index (χ3n) is 4.83. The van der Waals surface area contributed by atoms with Crippen molar-refractivity contribution in [1.82, 2.24) is 4.90 Å². The van der Waals surface area contributed by atoms with Crippen molar-refractivity contribution in [2.75, 3.05) is 23.1 Å². The van der Waals surface area contributed by atoms with Gasteiger partial charge in [0.25, 0.3) is 0 Å². The Morgan fingerprint density at radius 1 is 0.929 bits per heavy atom. The third kappa shape index (κ3) is 5.56. The van der Waals surface area contributed by atoms with Gasteiger partial charge in [-0.25, -0.2) is 8.42 Å². The lowest BCUT2D eigenvalue weighted by atomic mass is 9.90. The van der Waals surface area contributed by atoms with E-state index in [4.69, 9.17) is 0 Å². The number of likely N-dealkylation sites (tertiary alicyclic amines) is 1. The van der Waals surface area contributed by atoms with Crippen molar-refractivity contribution in [3.63, 3.8) is 0 Å². The van der Waals surface area contributed by atoms with E-state index < -0.39 is 22.7 Å². The van der Waals surface area contributed by atoms with Gasteiger partial charge in [-0.3, -0.25) is 14.3 Å². The lowest BCUT2D eigenvalue weighted by Crippen LogP contribution is -2.44. The third-order valence-corrected chi connectivity index (χ3v) is 5.27. The van der Waals surface area contributed by atoms with E-state index in [-0.39, 0.29) is 0 Å². The number of amides is 2. The molecular weight excluding hydrogens is 378 g/mol. The Morgan fingerprint density at radius 3 is 2.14 bits per heavy atom. The number of benzene rings is 2. The number of carbonyl (C=O) groups is 2. The van der Waals surface area contributed by atoms with Crippen LogP contribution >= 0.6 is 0 Å². The van der Waals surface area contributed by atoms with Crippen molar-refractivity contribution < 1.29 is 18.0 Å². The molecule has 0 saturated carbocycles. The fourth-order valence-electron chi connectivity index (χ4n) is 3.35. The highest BCUT2D eigenvalue weighted by atomic mass is 32.2. The molecule has 0 bridgehead atoms. The maximum Gasteiger partial charge on any atom is 0.313 e. The summed E-state index contributed by atoms with van der Waals surface area (Å²) < 4.78 is 23.5. The molecule has 1 aliphatic heterocycles. The van der Waals surface area contributed by atoms with Gasteiger partial charge in [0, 0.05) is 24.5 Å². The van der Waals surface area contributed by atoms with Crippen LogP contribution in [0.4, 0.5) is 11.4 Å². The van der Waals surface area contributed by atoms with Gasteiger partial charge in [-0.1, -0.05) is 30.3 Å². The summed E-state index contributed by atoms with van der Waals surface area (Å²) in [5.74, 6) is -0.706. The molecule has 0 aromatic heterocycles. The van der Waals surface area contributed by atoms with Gasteiger partial charge in [0.05, 0.1) is 0 Å². The van der Waals surface area contributed by atoms with Crippen LogP contribution in [0.15, 0.2) is 54.6 Å². The molecule has 1 heterocycles. The minimum absolute atomic E-state index is 0.390. The topological polar surface area (TPSA) is 95.6 Å². The Labute approximate surface area is 165 Å². The van der Waals surface area contributed by atoms with Gasteiger partial charge in [-0.2, -0.15) is 0 Å². The van der Waals surface area contributed by atoms with Crippen LogP contribution in [-0.4, -0.2) is 38.2 Å². The standard InChI is InChI=1S/C20H23N3O4S/c24-19(21-17-6-8-18(9-7-17)22-28(26)27)20(25)23-12-10-16(11-13-23)14-15-4-2-1-3-5-15/h1-9,16,28H,10-14H2,(H,21,24)(H,22,26,27). The molecule has 2 aromatic carbocycles. The molecule has 1 aliphatic rings. The Kier molecular flexibility index (Phi) is 6.65. The van der Waals surface area contributed by atoms with E-state index in [1.807, 2.05) is 18.2 Å². The van der Waals surface area contributed by atoms with Crippen LogP contribution in [0, 0.1) is 5.92 Å². The quantitative estimate of drug-likeness (QED) is 0.528. The number of thiol groups is 1. The summed E-state index contributed by atoms with van der Waals surface area (Å²) in [6.07, 6.45) is 2.74. The van der Waals surface area contributed by atoms with Gasteiger partial charge >= 0.3 is 11.8 Å². The fourth-order valence-corrected chi connectivity index (χ4v) is 3.71. The van der Waals surface area contributed by atoms with Gasteiger partial charge in [0.15, 0.2) is 0 Å². The van der Waals surface area contributed by atoms with Gasteiger partial charge in [0.2, 0.25) is 10.9 Å². The van der Waals surface area contributed by atoms with Crippen LogP contribution in [0.3, 0.4) is 0 Å². The van der Waals surface area contributed by atoms with E-state index in [9.17, 15) is 18.0 Å². The highest BCUT2D eigenvalue weighted by Crippen LogP contribution is 2.22. The Morgan fingerprint density at radius 2 is 1.54 bits per heavy atom. The molecule has 0 radical (unpaired) electrons. The highest BCUT2D eigenvalue weighted by Gasteiger charge is 2.27. The number of piperidine rings is 1. The Hall–Kier alpha value is -2.87. The van der Waals surface area contributed by atoms with Crippen molar-refractivity contribution in [1.29, 1.82) is 0 Å². The van der Waals surface area contributed by atoms with Gasteiger partial charge in [-0.15, -0.1) is 0 Å². The molecule has 8 heteroatoms. The number of nitrogens with zero attached hydrogens (tertiary/aromatic N) is 1. The van der Waals surface area contributed by atoms with Crippen LogP contribution in [0.2, 0.25) is 0 Å². The number of nitrogens with one attached hydrogen (secondary N) is 2. The first kappa shape index (κ1) is 19.9. The number of anilines is 2. The Bertz CT molecular complexity index is 881. The molecule has 148 valence electrons. The summed E-state index contributed by atoms with van der Waals surface area (Å²) in [6.45, 7) is 1.15.